The Morgan fingerprint density at radius 3 is 2.71 bits per heavy atom. The highest BCUT2D eigenvalue weighted by atomic mass is 28.3. The molecular weight excluding hydrogens is 188 g/mol. The molecule has 0 saturated heterocycles. The molecule has 2 unspecified atom stereocenters. The van der Waals surface area contributed by atoms with Gasteiger partial charge >= 0.3 is 0 Å². The summed E-state index contributed by atoms with van der Waals surface area (Å²) in [6.45, 7) is 9.79. The molecule has 2 heteroatoms. The first-order valence-electron chi connectivity index (χ1n) is 5.01. The average Bonchev–Trinajstić information content (AvgIpc) is 2.69. The Morgan fingerprint density at radius 2 is 2.29 bits per heavy atom. The van der Waals surface area contributed by atoms with Crippen molar-refractivity contribution in [2.24, 2.45) is 11.3 Å². The van der Waals surface area contributed by atoms with Gasteiger partial charge in [0, 0.05) is 5.41 Å². The fraction of sp³-hybridized carbons (Fsp3) is 0.333. The Bertz CT molecular complexity index is 321. The fourth-order valence-electron chi connectivity index (χ4n) is 2.16. The highest BCUT2D eigenvalue weighted by Crippen LogP contribution is 2.49. The van der Waals surface area contributed by atoms with Crippen LogP contribution in [0.2, 0.25) is 0 Å². The minimum Gasteiger partial charge on any atom is -0.541 e. The van der Waals surface area contributed by atoms with E-state index < -0.39 is 9.04 Å². The first kappa shape index (κ1) is 9.53. The smallest absolute Gasteiger partial charge is 0.283 e. The van der Waals surface area contributed by atoms with Gasteiger partial charge in [-0.3, -0.25) is 0 Å². The van der Waals surface area contributed by atoms with Gasteiger partial charge in [0.2, 0.25) is 0 Å². The first-order chi connectivity index (χ1) is 6.68. The van der Waals surface area contributed by atoms with Crippen molar-refractivity contribution in [3.8, 4) is 0 Å². The van der Waals surface area contributed by atoms with Gasteiger partial charge in [0.25, 0.3) is 9.04 Å². The summed E-state index contributed by atoms with van der Waals surface area (Å²) < 4.78 is 5.96. The summed E-state index contributed by atoms with van der Waals surface area (Å²) >= 11 is 0. The number of rotatable bonds is 4. The van der Waals surface area contributed by atoms with Crippen molar-refractivity contribution in [2.75, 3.05) is 0 Å². The molecule has 1 nitrogen and oxygen atoms in total. The molecule has 0 amide bonds. The van der Waals surface area contributed by atoms with Crippen molar-refractivity contribution in [3.63, 3.8) is 0 Å². The van der Waals surface area contributed by atoms with Gasteiger partial charge < -0.3 is 4.43 Å². The standard InChI is InChI=1S/C12H16OSi/c1-4-14(5-2)13-11-8-10-6-7-12(11,3)9-10/h4-8,10,14H,1-2,9H2,3H3. The molecule has 0 aromatic carbocycles. The molecule has 74 valence electrons. The topological polar surface area (TPSA) is 9.23 Å². The third-order valence-electron chi connectivity index (χ3n) is 3.03. The molecule has 2 aliphatic carbocycles. The van der Waals surface area contributed by atoms with Crippen molar-refractivity contribution in [1.29, 1.82) is 0 Å². The summed E-state index contributed by atoms with van der Waals surface area (Å²) in [5, 5.41) is 0. The third kappa shape index (κ3) is 1.40. The van der Waals surface area contributed by atoms with Gasteiger partial charge in [0.05, 0.1) is 5.76 Å². The Kier molecular flexibility index (Phi) is 2.23. The maximum absolute atomic E-state index is 5.96. The van der Waals surface area contributed by atoms with E-state index in [2.05, 4.69) is 38.3 Å². The molecule has 14 heavy (non-hydrogen) atoms. The number of hydrogen-bond donors (Lipinski definition) is 0. The molecule has 0 aromatic rings. The van der Waals surface area contributed by atoms with Gasteiger partial charge in [-0.25, -0.2) is 0 Å². The zero-order valence-electron chi connectivity index (χ0n) is 8.57. The summed E-state index contributed by atoms with van der Waals surface area (Å²) in [6.07, 6.45) is 7.96. The SMILES string of the molecule is C=C[SiH](C=C)OC1=CC2C=CC1(C)C2. The van der Waals surface area contributed by atoms with Gasteiger partial charge in [-0.2, -0.15) is 0 Å². The number of hydrogen-bond acceptors (Lipinski definition) is 1. The van der Waals surface area contributed by atoms with E-state index in [1.54, 1.807) is 0 Å². The summed E-state index contributed by atoms with van der Waals surface area (Å²) in [7, 11) is -1.40. The van der Waals surface area contributed by atoms with Gasteiger partial charge in [-0.1, -0.05) is 23.6 Å². The van der Waals surface area contributed by atoms with Gasteiger partial charge in [0.1, 0.15) is 0 Å². The van der Waals surface area contributed by atoms with Crippen LogP contribution < -0.4 is 0 Å². The van der Waals surface area contributed by atoms with E-state index >= 15 is 0 Å². The van der Waals surface area contributed by atoms with Crippen molar-refractivity contribution < 1.29 is 4.43 Å². The van der Waals surface area contributed by atoms with Crippen LogP contribution in [0.4, 0.5) is 0 Å². The van der Waals surface area contributed by atoms with Crippen LogP contribution >= 0.6 is 0 Å². The van der Waals surface area contributed by atoms with E-state index in [4.69, 9.17) is 4.43 Å². The Morgan fingerprint density at radius 1 is 1.57 bits per heavy atom. The van der Waals surface area contributed by atoms with Crippen LogP contribution in [0.15, 0.2) is 48.5 Å². The molecular formula is C12H16OSi. The van der Waals surface area contributed by atoms with Crippen LogP contribution in [0.5, 0.6) is 0 Å². The largest absolute Gasteiger partial charge is 0.541 e. The summed E-state index contributed by atoms with van der Waals surface area (Å²) in [5.74, 6) is 1.74. The molecule has 0 radical (unpaired) electrons. The lowest BCUT2D eigenvalue weighted by Crippen LogP contribution is -2.20. The van der Waals surface area contributed by atoms with Crippen LogP contribution in [-0.4, -0.2) is 9.04 Å². The predicted octanol–water partition coefficient (Wildman–Crippen LogP) is 2.66. The van der Waals surface area contributed by atoms with Crippen molar-refractivity contribution in [1.82, 2.24) is 0 Å². The lowest BCUT2D eigenvalue weighted by molar-refractivity contribution is 0.324. The highest BCUT2D eigenvalue weighted by molar-refractivity contribution is 6.63. The Balaban J connectivity index is 2.11. The minimum absolute atomic E-state index is 0.155. The lowest BCUT2D eigenvalue weighted by atomic mass is 9.91. The molecule has 2 bridgehead atoms. The van der Waals surface area contributed by atoms with E-state index in [1.807, 2.05) is 11.4 Å². The van der Waals surface area contributed by atoms with Crippen molar-refractivity contribution >= 4 is 9.04 Å². The summed E-state index contributed by atoms with van der Waals surface area (Å²) in [5.41, 5.74) is 3.97. The third-order valence-corrected chi connectivity index (χ3v) is 4.48. The molecule has 0 aliphatic heterocycles. The molecule has 2 aliphatic rings. The van der Waals surface area contributed by atoms with Crippen molar-refractivity contribution in [3.05, 3.63) is 48.5 Å². The van der Waals surface area contributed by atoms with E-state index in [-0.39, 0.29) is 5.41 Å². The maximum atomic E-state index is 5.96. The number of fused-ring (bicyclic) bond motifs is 2. The Hall–Kier alpha value is -1.02. The second-order valence-corrected chi connectivity index (χ2v) is 6.34. The molecule has 2 atom stereocenters. The second-order valence-electron chi connectivity index (χ2n) is 4.23. The normalized spacial score (nSPS) is 33.3. The Labute approximate surface area is 87.2 Å². The van der Waals surface area contributed by atoms with Crippen LogP contribution in [0, 0.1) is 11.3 Å². The van der Waals surface area contributed by atoms with Crippen LogP contribution in [0.3, 0.4) is 0 Å². The minimum atomic E-state index is -1.40. The van der Waals surface area contributed by atoms with E-state index in [0.717, 1.165) is 5.76 Å². The highest BCUT2D eigenvalue weighted by Gasteiger charge is 2.40. The maximum Gasteiger partial charge on any atom is 0.283 e. The molecule has 0 fully saturated rings. The second kappa shape index (κ2) is 3.28. The van der Waals surface area contributed by atoms with Gasteiger partial charge in [-0.05, 0) is 25.3 Å². The zero-order chi connectivity index (χ0) is 10.2. The van der Waals surface area contributed by atoms with E-state index in [9.17, 15) is 0 Å². The average molecular weight is 204 g/mol. The number of allylic oxidation sites excluding steroid dienone is 3. The van der Waals surface area contributed by atoms with Gasteiger partial charge in [-0.15, -0.1) is 13.2 Å². The van der Waals surface area contributed by atoms with Crippen molar-refractivity contribution in [2.45, 2.75) is 13.3 Å². The molecule has 0 heterocycles. The monoisotopic (exact) mass is 204 g/mol. The molecule has 0 spiro atoms. The van der Waals surface area contributed by atoms with Gasteiger partial charge in [0.15, 0.2) is 0 Å². The molecule has 2 rings (SSSR count). The van der Waals surface area contributed by atoms with E-state index in [1.165, 1.54) is 6.42 Å². The molecule has 0 saturated carbocycles. The quantitative estimate of drug-likeness (QED) is 0.505. The summed E-state index contributed by atoms with van der Waals surface area (Å²) in [4.78, 5) is 0. The molecule has 0 aromatic heterocycles. The molecule has 0 N–H and O–H groups in total. The summed E-state index contributed by atoms with van der Waals surface area (Å²) in [6, 6.07) is 0. The predicted molar refractivity (Wildman–Crippen MR) is 62.1 cm³/mol. The fourth-order valence-corrected chi connectivity index (χ4v) is 3.18. The lowest BCUT2D eigenvalue weighted by Gasteiger charge is -2.25. The zero-order valence-corrected chi connectivity index (χ0v) is 9.73. The first-order valence-corrected chi connectivity index (χ1v) is 6.82. The van der Waals surface area contributed by atoms with Crippen LogP contribution in [0.25, 0.3) is 0 Å². The van der Waals surface area contributed by atoms with E-state index in [0.29, 0.717) is 5.92 Å². The van der Waals surface area contributed by atoms with Crippen LogP contribution in [0.1, 0.15) is 13.3 Å². The van der Waals surface area contributed by atoms with Crippen LogP contribution in [-0.2, 0) is 4.43 Å².